The molecule has 4 aromatic rings. The SMILES string of the molecule is CC1CCCCC1c1nnc(-c2ccc3[nH]cc(-c4cncc(C5CC5)n4)c3c2)o1. The number of nitrogens with one attached hydrogen (secondary N) is 1. The number of hydrogen-bond donors (Lipinski definition) is 1. The molecule has 0 bridgehead atoms. The van der Waals surface area contributed by atoms with Crippen LogP contribution in [0.3, 0.4) is 0 Å². The Balaban J connectivity index is 1.36. The maximum absolute atomic E-state index is 6.15. The maximum Gasteiger partial charge on any atom is 0.247 e. The molecule has 3 aromatic heterocycles. The van der Waals surface area contributed by atoms with Crippen molar-refractivity contribution in [2.45, 2.75) is 57.3 Å². The van der Waals surface area contributed by atoms with Crippen LogP contribution in [0, 0.1) is 5.92 Å². The standard InChI is InChI=1S/C24H25N5O/c1-14-4-2-3-5-17(14)24-29-28-23(30-24)16-8-9-20-18(10-16)19(11-26-20)22-13-25-12-21(27-22)15-6-7-15/h8-15,17,26H,2-7H2,1H3. The fourth-order valence-electron chi connectivity index (χ4n) is 4.74. The fraction of sp³-hybridized carbons (Fsp3) is 0.417. The first-order chi connectivity index (χ1) is 14.8. The van der Waals surface area contributed by atoms with Gasteiger partial charge >= 0.3 is 0 Å². The van der Waals surface area contributed by atoms with Gasteiger partial charge in [-0.2, -0.15) is 0 Å². The number of benzene rings is 1. The van der Waals surface area contributed by atoms with Gasteiger partial charge in [0.25, 0.3) is 0 Å². The summed E-state index contributed by atoms with van der Waals surface area (Å²) in [7, 11) is 0. The zero-order chi connectivity index (χ0) is 20.1. The number of aromatic nitrogens is 5. The molecule has 2 atom stereocenters. The summed E-state index contributed by atoms with van der Waals surface area (Å²) >= 11 is 0. The van der Waals surface area contributed by atoms with E-state index in [0.29, 0.717) is 23.6 Å². The highest BCUT2D eigenvalue weighted by Gasteiger charge is 2.28. The summed E-state index contributed by atoms with van der Waals surface area (Å²) in [5.41, 5.74) is 5.07. The molecule has 1 aromatic carbocycles. The molecule has 2 aliphatic rings. The molecule has 2 fully saturated rings. The van der Waals surface area contributed by atoms with Gasteiger partial charge in [-0.05, 0) is 49.8 Å². The predicted molar refractivity (Wildman–Crippen MR) is 115 cm³/mol. The van der Waals surface area contributed by atoms with Crippen LogP contribution in [0.4, 0.5) is 0 Å². The third-order valence-corrected chi connectivity index (χ3v) is 6.72. The first kappa shape index (κ1) is 17.8. The second-order valence-electron chi connectivity index (χ2n) is 8.88. The summed E-state index contributed by atoms with van der Waals surface area (Å²) in [6, 6.07) is 6.23. The zero-order valence-corrected chi connectivity index (χ0v) is 17.1. The second-order valence-corrected chi connectivity index (χ2v) is 8.88. The lowest BCUT2D eigenvalue weighted by molar-refractivity contribution is 0.284. The minimum absolute atomic E-state index is 0.381. The van der Waals surface area contributed by atoms with E-state index in [1.165, 1.54) is 32.1 Å². The van der Waals surface area contributed by atoms with Gasteiger partial charge in [-0.1, -0.05) is 19.8 Å². The van der Waals surface area contributed by atoms with Crippen LogP contribution in [0.25, 0.3) is 33.6 Å². The third kappa shape index (κ3) is 3.11. The van der Waals surface area contributed by atoms with Crippen molar-refractivity contribution in [2.24, 2.45) is 5.92 Å². The van der Waals surface area contributed by atoms with Crippen molar-refractivity contribution in [1.29, 1.82) is 0 Å². The van der Waals surface area contributed by atoms with Gasteiger partial charge in [-0.25, -0.2) is 4.98 Å². The summed E-state index contributed by atoms with van der Waals surface area (Å²) < 4.78 is 6.15. The van der Waals surface area contributed by atoms with Crippen LogP contribution in [-0.4, -0.2) is 25.1 Å². The Hall–Kier alpha value is -3.02. The molecule has 6 nitrogen and oxygen atoms in total. The van der Waals surface area contributed by atoms with Gasteiger partial charge in [0, 0.05) is 46.3 Å². The van der Waals surface area contributed by atoms with Crippen LogP contribution in [0.15, 0.2) is 41.2 Å². The van der Waals surface area contributed by atoms with Crippen molar-refractivity contribution < 1.29 is 4.42 Å². The largest absolute Gasteiger partial charge is 0.420 e. The fourth-order valence-corrected chi connectivity index (χ4v) is 4.74. The molecule has 1 N–H and O–H groups in total. The molecule has 2 unspecified atom stereocenters. The number of hydrogen-bond acceptors (Lipinski definition) is 5. The van der Waals surface area contributed by atoms with Gasteiger partial charge in [0.2, 0.25) is 11.8 Å². The Morgan fingerprint density at radius 1 is 1.03 bits per heavy atom. The van der Waals surface area contributed by atoms with E-state index in [4.69, 9.17) is 9.40 Å². The molecule has 0 saturated heterocycles. The predicted octanol–water partition coefficient (Wildman–Crippen LogP) is 5.85. The van der Waals surface area contributed by atoms with Gasteiger partial charge < -0.3 is 9.40 Å². The van der Waals surface area contributed by atoms with Crippen molar-refractivity contribution >= 4 is 10.9 Å². The average molecular weight is 399 g/mol. The van der Waals surface area contributed by atoms with Crippen LogP contribution in [0.5, 0.6) is 0 Å². The summed E-state index contributed by atoms with van der Waals surface area (Å²) in [4.78, 5) is 12.7. The van der Waals surface area contributed by atoms with E-state index in [1.807, 2.05) is 24.7 Å². The van der Waals surface area contributed by atoms with Gasteiger partial charge in [0.1, 0.15) is 0 Å². The molecular formula is C24H25N5O. The van der Waals surface area contributed by atoms with Crippen LogP contribution in [0.2, 0.25) is 0 Å². The molecule has 0 spiro atoms. The van der Waals surface area contributed by atoms with E-state index in [2.05, 4.69) is 39.2 Å². The zero-order valence-electron chi connectivity index (χ0n) is 17.1. The van der Waals surface area contributed by atoms with E-state index >= 15 is 0 Å². The van der Waals surface area contributed by atoms with Gasteiger partial charge in [0.15, 0.2) is 0 Å². The Morgan fingerprint density at radius 3 is 2.80 bits per heavy atom. The molecule has 30 heavy (non-hydrogen) atoms. The van der Waals surface area contributed by atoms with Gasteiger partial charge in [0.05, 0.1) is 17.6 Å². The average Bonchev–Trinajstić information content (AvgIpc) is 3.37. The molecule has 6 heteroatoms. The number of nitrogens with zero attached hydrogens (tertiary/aromatic N) is 4. The van der Waals surface area contributed by atoms with E-state index in [0.717, 1.165) is 45.7 Å². The quantitative estimate of drug-likeness (QED) is 0.466. The lowest BCUT2D eigenvalue weighted by atomic mass is 9.80. The first-order valence-electron chi connectivity index (χ1n) is 11.0. The van der Waals surface area contributed by atoms with E-state index < -0.39 is 0 Å². The highest BCUT2D eigenvalue weighted by molar-refractivity contribution is 5.96. The number of fused-ring (bicyclic) bond motifs is 1. The Morgan fingerprint density at radius 2 is 1.93 bits per heavy atom. The molecule has 0 aliphatic heterocycles. The van der Waals surface area contributed by atoms with Crippen LogP contribution >= 0.6 is 0 Å². The van der Waals surface area contributed by atoms with Crippen molar-refractivity contribution in [1.82, 2.24) is 25.1 Å². The molecule has 0 radical (unpaired) electrons. The molecule has 2 aliphatic carbocycles. The third-order valence-electron chi connectivity index (χ3n) is 6.72. The highest BCUT2D eigenvalue weighted by Crippen LogP contribution is 2.40. The van der Waals surface area contributed by atoms with Crippen LogP contribution < -0.4 is 0 Å². The van der Waals surface area contributed by atoms with Gasteiger partial charge in [-0.15, -0.1) is 10.2 Å². The summed E-state index contributed by atoms with van der Waals surface area (Å²) in [6.07, 6.45) is 13.1. The molecule has 0 amide bonds. The monoisotopic (exact) mass is 399 g/mol. The van der Waals surface area contributed by atoms with Crippen molar-refractivity contribution in [3.8, 4) is 22.7 Å². The summed E-state index contributed by atoms with van der Waals surface area (Å²) in [6.45, 7) is 2.29. The molecule has 2 saturated carbocycles. The normalized spacial score (nSPS) is 21.9. The maximum atomic E-state index is 6.15. The molecular weight excluding hydrogens is 374 g/mol. The molecule has 6 rings (SSSR count). The van der Waals surface area contributed by atoms with E-state index in [-0.39, 0.29) is 0 Å². The Bertz CT molecular complexity index is 1210. The molecule has 3 heterocycles. The number of aromatic amines is 1. The van der Waals surface area contributed by atoms with Crippen molar-refractivity contribution in [3.63, 3.8) is 0 Å². The topological polar surface area (TPSA) is 80.5 Å². The summed E-state index contributed by atoms with van der Waals surface area (Å²) in [5.74, 6) is 2.94. The Labute approximate surface area is 175 Å². The van der Waals surface area contributed by atoms with Crippen LogP contribution in [0.1, 0.15) is 68.9 Å². The summed E-state index contributed by atoms with van der Waals surface area (Å²) in [5, 5.41) is 9.88. The lowest BCUT2D eigenvalue weighted by Gasteiger charge is -2.25. The first-order valence-corrected chi connectivity index (χ1v) is 11.0. The van der Waals surface area contributed by atoms with Crippen molar-refractivity contribution in [2.75, 3.05) is 0 Å². The minimum atomic E-state index is 0.381. The smallest absolute Gasteiger partial charge is 0.247 e. The highest BCUT2D eigenvalue weighted by atomic mass is 16.4. The second kappa shape index (κ2) is 7.04. The Kier molecular flexibility index (Phi) is 4.18. The van der Waals surface area contributed by atoms with E-state index in [1.54, 1.807) is 0 Å². The lowest BCUT2D eigenvalue weighted by Crippen LogP contribution is -2.15. The number of rotatable bonds is 4. The van der Waals surface area contributed by atoms with Crippen molar-refractivity contribution in [3.05, 3.63) is 48.4 Å². The van der Waals surface area contributed by atoms with Crippen LogP contribution in [-0.2, 0) is 0 Å². The minimum Gasteiger partial charge on any atom is -0.420 e. The number of H-pyrrole nitrogens is 1. The van der Waals surface area contributed by atoms with Gasteiger partial charge in [-0.3, -0.25) is 4.98 Å². The van der Waals surface area contributed by atoms with E-state index in [9.17, 15) is 0 Å². The molecule has 152 valence electrons.